The van der Waals surface area contributed by atoms with Gasteiger partial charge in [-0.25, -0.2) is 9.37 Å². The molecule has 0 aliphatic rings. The smallest absolute Gasteiger partial charge is 0.169 e. The molecule has 2 heterocycles. The number of fused-ring (bicyclic) bond motifs is 1. The van der Waals surface area contributed by atoms with Crippen molar-refractivity contribution in [3.63, 3.8) is 0 Å². The Kier molecular flexibility index (Phi) is 3.08. The fraction of sp³-hybridized carbons (Fsp3) is 0.214. The third kappa shape index (κ3) is 2.15. The maximum atomic E-state index is 13.6. The molecule has 98 valence electrons. The van der Waals surface area contributed by atoms with Crippen molar-refractivity contribution in [3.05, 3.63) is 51.9 Å². The van der Waals surface area contributed by atoms with Crippen LogP contribution in [0.3, 0.4) is 0 Å². The highest BCUT2D eigenvalue weighted by Crippen LogP contribution is 2.31. The van der Waals surface area contributed by atoms with Gasteiger partial charge in [0.15, 0.2) is 11.4 Å². The lowest BCUT2D eigenvalue weighted by Gasteiger charge is -2.10. The van der Waals surface area contributed by atoms with Crippen LogP contribution in [-0.2, 0) is 0 Å². The van der Waals surface area contributed by atoms with Gasteiger partial charge in [0.2, 0.25) is 0 Å². The number of halogens is 1. The van der Waals surface area contributed by atoms with Gasteiger partial charge in [-0.15, -0.1) is 11.3 Å². The molecule has 5 heteroatoms. The third-order valence-electron chi connectivity index (χ3n) is 3.01. The zero-order valence-electron chi connectivity index (χ0n) is 10.6. The van der Waals surface area contributed by atoms with Crippen LogP contribution in [0.1, 0.15) is 21.7 Å². The van der Waals surface area contributed by atoms with Crippen LogP contribution in [0.2, 0.25) is 0 Å². The van der Waals surface area contributed by atoms with Crippen LogP contribution in [0, 0.1) is 12.7 Å². The molecule has 0 saturated heterocycles. The number of aromatic nitrogens is 1. The van der Waals surface area contributed by atoms with Gasteiger partial charge < -0.3 is 9.73 Å². The van der Waals surface area contributed by atoms with Crippen molar-refractivity contribution in [2.75, 3.05) is 7.05 Å². The molecule has 0 radical (unpaired) electrons. The standard InChI is InChI=1S/C14H13FN2OS/c1-8-17-7-12(19-8)13(16-2)11-6-9-4-3-5-10(15)14(9)18-11/h3-7,13,16H,1-2H3. The van der Waals surface area contributed by atoms with Crippen LogP contribution >= 0.6 is 11.3 Å². The second-order valence-electron chi connectivity index (χ2n) is 4.31. The minimum Gasteiger partial charge on any atom is -0.456 e. The second kappa shape index (κ2) is 4.75. The largest absolute Gasteiger partial charge is 0.456 e. The van der Waals surface area contributed by atoms with Crippen molar-refractivity contribution in [1.82, 2.24) is 10.3 Å². The van der Waals surface area contributed by atoms with E-state index < -0.39 is 0 Å². The number of hydrogen-bond donors (Lipinski definition) is 1. The van der Waals surface area contributed by atoms with E-state index in [4.69, 9.17) is 4.42 Å². The Bertz CT molecular complexity index is 719. The fourth-order valence-electron chi connectivity index (χ4n) is 2.13. The van der Waals surface area contributed by atoms with E-state index in [1.54, 1.807) is 17.4 Å². The molecule has 3 aromatic rings. The third-order valence-corrected chi connectivity index (χ3v) is 3.99. The van der Waals surface area contributed by atoms with E-state index in [1.807, 2.05) is 32.3 Å². The van der Waals surface area contributed by atoms with E-state index in [1.165, 1.54) is 6.07 Å². The summed E-state index contributed by atoms with van der Waals surface area (Å²) in [4.78, 5) is 5.30. The lowest BCUT2D eigenvalue weighted by atomic mass is 10.2. The Morgan fingerprint density at radius 3 is 2.89 bits per heavy atom. The number of rotatable bonds is 3. The average molecular weight is 276 g/mol. The van der Waals surface area contributed by atoms with Crippen molar-refractivity contribution in [2.24, 2.45) is 0 Å². The molecule has 1 aromatic carbocycles. The zero-order valence-corrected chi connectivity index (χ0v) is 11.4. The van der Waals surface area contributed by atoms with Gasteiger partial charge in [0.1, 0.15) is 11.8 Å². The van der Waals surface area contributed by atoms with E-state index in [-0.39, 0.29) is 11.9 Å². The van der Waals surface area contributed by atoms with Gasteiger partial charge in [0.25, 0.3) is 0 Å². The highest BCUT2D eigenvalue weighted by atomic mass is 32.1. The number of thiazole rings is 1. The average Bonchev–Trinajstić information content (AvgIpc) is 2.98. The molecule has 0 aliphatic carbocycles. The van der Waals surface area contributed by atoms with Crippen LogP contribution < -0.4 is 5.32 Å². The first kappa shape index (κ1) is 12.3. The minimum absolute atomic E-state index is 0.0991. The fourth-order valence-corrected chi connectivity index (χ4v) is 3.03. The van der Waals surface area contributed by atoms with Crippen LogP contribution in [-0.4, -0.2) is 12.0 Å². The van der Waals surface area contributed by atoms with E-state index in [2.05, 4.69) is 10.3 Å². The molecule has 0 bridgehead atoms. The van der Waals surface area contributed by atoms with Crippen molar-refractivity contribution in [3.8, 4) is 0 Å². The van der Waals surface area contributed by atoms with E-state index in [9.17, 15) is 4.39 Å². The molecule has 0 spiro atoms. The van der Waals surface area contributed by atoms with Crippen molar-refractivity contribution >= 4 is 22.3 Å². The summed E-state index contributed by atoms with van der Waals surface area (Å²) in [5, 5.41) is 4.95. The second-order valence-corrected chi connectivity index (χ2v) is 5.58. The Balaban J connectivity index is 2.09. The molecule has 1 unspecified atom stereocenters. The number of aryl methyl sites for hydroxylation is 1. The summed E-state index contributed by atoms with van der Waals surface area (Å²) in [6.45, 7) is 1.96. The van der Waals surface area contributed by atoms with E-state index >= 15 is 0 Å². The van der Waals surface area contributed by atoms with Gasteiger partial charge in [-0.05, 0) is 26.1 Å². The molecule has 19 heavy (non-hydrogen) atoms. The molecule has 3 rings (SSSR count). The van der Waals surface area contributed by atoms with Gasteiger partial charge in [0.05, 0.1) is 5.01 Å². The number of furan rings is 1. The predicted molar refractivity (Wildman–Crippen MR) is 73.9 cm³/mol. The number of benzene rings is 1. The van der Waals surface area contributed by atoms with Crippen LogP contribution in [0.4, 0.5) is 4.39 Å². The zero-order chi connectivity index (χ0) is 13.4. The van der Waals surface area contributed by atoms with Crippen LogP contribution in [0.15, 0.2) is 34.9 Å². The summed E-state index contributed by atoms with van der Waals surface area (Å²) in [5.41, 5.74) is 0.305. The highest BCUT2D eigenvalue weighted by Gasteiger charge is 2.19. The molecular weight excluding hydrogens is 263 g/mol. The van der Waals surface area contributed by atoms with Gasteiger partial charge in [0, 0.05) is 16.5 Å². The predicted octanol–water partition coefficient (Wildman–Crippen LogP) is 3.65. The number of nitrogens with one attached hydrogen (secondary N) is 1. The first-order valence-corrected chi connectivity index (χ1v) is 6.78. The molecule has 1 N–H and O–H groups in total. The molecule has 0 amide bonds. The minimum atomic E-state index is -0.334. The quantitative estimate of drug-likeness (QED) is 0.793. The number of hydrogen-bond acceptors (Lipinski definition) is 4. The summed E-state index contributed by atoms with van der Waals surface area (Å²) in [7, 11) is 1.85. The molecular formula is C14H13FN2OS. The lowest BCUT2D eigenvalue weighted by Crippen LogP contribution is -2.15. The highest BCUT2D eigenvalue weighted by molar-refractivity contribution is 7.11. The van der Waals surface area contributed by atoms with Crippen molar-refractivity contribution in [1.29, 1.82) is 0 Å². The van der Waals surface area contributed by atoms with Gasteiger partial charge in [-0.3, -0.25) is 0 Å². The molecule has 0 saturated carbocycles. The maximum absolute atomic E-state index is 13.6. The summed E-state index contributed by atoms with van der Waals surface area (Å²) >= 11 is 1.60. The molecule has 0 fully saturated rings. The topological polar surface area (TPSA) is 38.1 Å². The first-order valence-electron chi connectivity index (χ1n) is 5.96. The molecule has 2 aromatic heterocycles. The maximum Gasteiger partial charge on any atom is 0.169 e. The summed E-state index contributed by atoms with van der Waals surface area (Å²) in [6, 6.07) is 6.70. The van der Waals surface area contributed by atoms with Crippen molar-refractivity contribution < 1.29 is 8.81 Å². The van der Waals surface area contributed by atoms with Gasteiger partial charge in [-0.1, -0.05) is 12.1 Å². The summed E-state index contributed by atoms with van der Waals surface area (Å²) in [5.74, 6) is 0.366. The first-order chi connectivity index (χ1) is 9.19. The number of para-hydroxylation sites is 1. The van der Waals surface area contributed by atoms with E-state index in [0.29, 0.717) is 11.3 Å². The molecule has 0 aliphatic heterocycles. The van der Waals surface area contributed by atoms with Gasteiger partial charge >= 0.3 is 0 Å². The van der Waals surface area contributed by atoms with Gasteiger partial charge in [-0.2, -0.15) is 0 Å². The van der Waals surface area contributed by atoms with E-state index in [0.717, 1.165) is 15.3 Å². The number of nitrogens with zero attached hydrogens (tertiary/aromatic N) is 1. The molecule has 3 nitrogen and oxygen atoms in total. The Morgan fingerprint density at radius 2 is 2.26 bits per heavy atom. The SMILES string of the molecule is CNC(c1cc2cccc(F)c2o1)c1cnc(C)s1. The summed E-state index contributed by atoms with van der Waals surface area (Å²) < 4.78 is 19.3. The van der Waals surface area contributed by atoms with Crippen LogP contribution in [0.5, 0.6) is 0 Å². The Labute approximate surface area is 114 Å². The lowest BCUT2D eigenvalue weighted by molar-refractivity contribution is 0.479. The van der Waals surface area contributed by atoms with Crippen molar-refractivity contribution in [2.45, 2.75) is 13.0 Å². The monoisotopic (exact) mass is 276 g/mol. The molecule has 1 atom stereocenters. The Morgan fingerprint density at radius 1 is 1.42 bits per heavy atom. The normalized spacial score (nSPS) is 13.0. The van der Waals surface area contributed by atoms with Crippen LogP contribution in [0.25, 0.3) is 11.0 Å². The summed E-state index contributed by atoms with van der Waals surface area (Å²) in [6.07, 6.45) is 1.82. The Hall–Kier alpha value is -1.72.